The Morgan fingerprint density at radius 2 is 1.75 bits per heavy atom. The third-order valence-electron chi connectivity index (χ3n) is 4.32. The number of hydrogen-bond donors (Lipinski definition) is 2. The van der Waals surface area contributed by atoms with E-state index < -0.39 is 0 Å². The van der Waals surface area contributed by atoms with Gasteiger partial charge in [0, 0.05) is 12.2 Å². The van der Waals surface area contributed by atoms with Gasteiger partial charge in [0.2, 0.25) is 0 Å². The van der Waals surface area contributed by atoms with Gasteiger partial charge in [0.1, 0.15) is 0 Å². The van der Waals surface area contributed by atoms with Gasteiger partial charge in [0.25, 0.3) is 0 Å². The van der Waals surface area contributed by atoms with Crippen LogP contribution in [0.4, 0.5) is 5.69 Å². The molecule has 1 aliphatic rings. The lowest BCUT2D eigenvalue weighted by molar-refractivity contribution is 0.402. The van der Waals surface area contributed by atoms with Crippen LogP contribution in [0.1, 0.15) is 28.7 Å². The molecule has 0 aliphatic heterocycles. The number of nitrogens with zero attached hydrogens (tertiary/aromatic N) is 2. The molecule has 0 spiro atoms. The minimum atomic E-state index is 0.463. The van der Waals surface area contributed by atoms with E-state index in [9.17, 15) is 0 Å². The molecule has 3 rings (SSSR count). The normalized spacial score (nSPS) is 14.0. The fourth-order valence-corrected chi connectivity index (χ4v) is 3.13. The van der Waals surface area contributed by atoms with E-state index >= 15 is 0 Å². The molecular formula is C20H26N4. The van der Waals surface area contributed by atoms with Crippen LogP contribution < -0.4 is 11.1 Å². The number of rotatable bonds is 5. The van der Waals surface area contributed by atoms with E-state index in [0.29, 0.717) is 12.5 Å². The van der Waals surface area contributed by atoms with E-state index in [-0.39, 0.29) is 0 Å². The zero-order chi connectivity index (χ0) is 16.9. The van der Waals surface area contributed by atoms with Gasteiger partial charge in [0.15, 0.2) is 5.96 Å². The minimum Gasteiger partial charge on any atom is -0.370 e. The second kappa shape index (κ2) is 7.49. The van der Waals surface area contributed by atoms with Crippen molar-refractivity contribution < 1.29 is 0 Å². The maximum absolute atomic E-state index is 6.03. The molecule has 0 fully saturated rings. The van der Waals surface area contributed by atoms with Crippen molar-refractivity contribution in [2.45, 2.75) is 32.4 Å². The summed E-state index contributed by atoms with van der Waals surface area (Å²) in [6, 6.07) is 15.0. The fourth-order valence-electron chi connectivity index (χ4n) is 3.13. The molecule has 3 N–H and O–H groups in total. The molecule has 0 atom stereocenters. The van der Waals surface area contributed by atoms with Crippen molar-refractivity contribution in [2.24, 2.45) is 10.7 Å². The Kier molecular flexibility index (Phi) is 5.16. The highest BCUT2D eigenvalue weighted by Crippen LogP contribution is 2.24. The van der Waals surface area contributed by atoms with Gasteiger partial charge in [-0.2, -0.15) is 0 Å². The molecule has 1 aliphatic carbocycles. The van der Waals surface area contributed by atoms with E-state index in [2.05, 4.69) is 71.8 Å². The van der Waals surface area contributed by atoms with Crippen LogP contribution in [0.25, 0.3) is 0 Å². The fraction of sp³-hybridized carbons (Fsp3) is 0.350. The van der Waals surface area contributed by atoms with E-state index in [1.807, 2.05) is 0 Å². The lowest BCUT2D eigenvalue weighted by Crippen LogP contribution is -2.22. The van der Waals surface area contributed by atoms with Crippen molar-refractivity contribution in [3.8, 4) is 0 Å². The highest BCUT2D eigenvalue weighted by Gasteiger charge is 2.10. The van der Waals surface area contributed by atoms with Crippen LogP contribution in [-0.4, -0.2) is 25.0 Å². The summed E-state index contributed by atoms with van der Waals surface area (Å²) < 4.78 is 0. The summed E-state index contributed by atoms with van der Waals surface area (Å²) in [5.74, 6) is 0.463. The molecule has 2 aromatic carbocycles. The second-order valence-corrected chi connectivity index (χ2v) is 6.72. The number of hydrogen-bond acceptors (Lipinski definition) is 2. The van der Waals surface area contributed by atoms with Crippen molar-refractivity contribution >= 4 is 11.6 Å². The van der Waals surface area contributed by atoms with Gasteiger partial charge in [-0.05, 0) is 67.7 Å². The molecular weight excluding hydrogens is 296 g/mol. The molecule has 0 unspecified atom stereocenters. The van der Waals surface area contributed by atoms with Gasteiger partial charge in [-0.25, -0.2) is 4.99 Å². The second-order valence-electron chi connectivity index (χ2n) is 6.72. The Bertz CT molecular complexity index is 717. The zero-order valence-corrected chi connectivity index (χ0v) is 14.5. The SMILES string of the molecule is CN(C)Cc1ccc(CN=C(N)Nc2ccc3c(c2)CCC3)cc1. The third-order valence-corrected chi connectivity index (χ3v) is 4.32. The Morgan fingerprint density at radius 3 is 2.50 bits per heavy atom. The van der Waals surface area contributed by atoms with Crippen LogP contribution in [0.5, 0.6) is 0 Å². The summed E-state index contributed by atoms with van der Waals surface area (Å²) in [5, 5.41) is 3.20. The molecule has 4 nitrogen and oxygen atoms in total. The number of aryl methyl sites for hydroxylation is 2. The largest absolute Gasteiger partial charge is 0.370 e. The summed E-state index contributed by atoms with van der Waals surface area (Å²) in [4.78, 5) is 6.61. The number of nitrogens with one attached hydrogen (secondary N) is 1. The summed E-state index contributed by atoms with van der Waals surface area (Å²) in [5.41, 5.74) is 12.4. The molecule has 0 saturated heterocycles. The lowest BCUT2D eigenvalue weighted by atomic mass is 10.1. The molecule has 4 heteroatoms. The number of anilines is 1. The first kappa shape index (κ1) is 16.5. The molecule has 24 heavy (non-hydrogen) atoms. The predicted molar refractivity (Wildman–Crippen MR) is 101 cm³/mol. The van der Waals surface area contributed by atoms with Gasteiger partial charge in [-0.3, -0.25) is 0 Å². The number of nitrogens with two attached hydrogens (primary N) is 1. The smallest absolute Gasteiger partial charge is 0.193 e. The zero-order valence-electron chi connectivity index (χ0n) is 14.5. The summed E-state index contributed by atoms with van der Waals surface area (Å²) >= 11 is 0. The first-order chi connectivity index (χ1) is 11.6. The van der Waals surface area contributed by atoms with Crippen molar-refractivity contribution in [1.82, 2.24) is 4.90 Å². The van der Waals surface area contributed by atoms with Crippen LogP contribution in [0.15, 0.2) is 47.5 Å². The molecule has 0 bridgehead atoms. The van der Waals surface area contributed by atoms with Crippen molar-refractivity contribution in [3.63, 3.8) is 0 Å². The molecule has 2 aromatic rings. The van der Waals surface area contributed by atoms with Crippen LogP contribution >= 0.6 is 0 Å². The summed E-state index contributed by atoms with van der Waals surface area (Å²) in [6.07, 6.45) is 3.62. The van der Waals surface area contributed by atoms with Crippen LogP contribution in [-0.2, 0) is 25.9 Å². The highest BCUT2D eigenvalue weighted by molar-refractivity contribution is 5.92. The summed E-state index contributed by atoms with van der Waals surface area (Å²) in [6.45, 7) is 1.54. The molecule has 0 aromatic heterocycles. The Hall–Kier alpha value is -2.33. The Balaban J connectivity index is 1.58. The molecule has 0 saturated carbocycles. The standard InChI is InChI=1S/C20H26N4/c1-24(2)14-16-8-6-15(7-9-16)13-22-20(21)23-19-11-10-17-4-3-5-18(17)12-19/h6-12H,3-5,13-14H2,1-2H3,(H3,21,22,23). The van der Waals surface area contributed by atoms with Gasteiger partial charge >= 0.3 is 0 Å². The topological polar surface area (TPSA) is 53.6 Å². The monoisotopic (exact) mass is 322 g/mol. The maximum Gasteiger partial charge on any atom is 0.193 e. The summed E-state index contributed by atoms with van der Waals surface area (Å²) in [7, 11) is 4.15. The Morgan fingerprint density at radius 1 is 1.04 bits per heavy atom. The van der Waals surface area contributed by atoms with Crippen LogP contribution in [0.2, 0.25) is 0 Å². The third kappa shape index (κ3) is 4.36. The van der Waals surface area contributed by atoms with Gasteiger partial charge in [-0.15, -0.1) is 0 Å². The van der Waals surface area contributed by atoms with Crippen molar-refractivity contribution in [2.75, 3.05) is 19.4 Å². The average Bonchev–Trinajstić information content (AvgIpc) is 3.01. The highest BCUT2D eigenvalue weighted by atomic mass is 15.1. The predicted octanol–water partition coefficient (Wildman–Crippen LogP) is 3.16. The lowest BCUT2D eigenvalue weighted by Gasteiger charge is -2.10. The number of benzene rings is 2. The molecule has 0 heterocycles. The number of guanidine groups is 1. The van der Waals surface area contributed by atoms with E-state index in [1.165, 1.54) is 36.0 Å². The van der Waals surface area contributed by atoms with Crippen LogP contribution in [0, 0.1) is 0 Å². The maximum atomic E-state index is 6.03. The first-order valence-electron chi connectivity index (χ1n) is 8.51. The van der Waals surface area contributed by atoms with E-state index in [4.69, 9.17) is 5.73 Å². The van der Waals surface area contributed by atoms with Crippen LogP contribution in [0.3, 0.4) is 0 Å². The van der Waals surface area contributed by atoms with Crippen molar-refractivity contribution in [1.29, 1.82) is 0 Å². The van der Waals surface area contributed by atoms with Gasteiger partial charge in [0.05, 0.1) is 6.54 Å². The molecule has 126 valence electrons. The Labute approximate surface area is 144 Å². The van der Waals surface area contributed by atoms with Gasteiger partial charge in [-0.1, -0.05) is 30.3 Å². The van der Waals surface area contributed by atoms with E-state index in [1.54, 1.807) is 0 Å². The minimum absolute atomic E-state index is 0.463. The first-order valence-corrected chi connectivity index (χ1v) is 8.51. The van der Waals surface area contributed by atoms with E-state index in [0.717, 1.165) is 17.8 Å². The van der Waals surface area contributed by atoms with Gasteiger partial charge < -0.3 is 16.0 Å². The quantitative estimate of drug-likeness (QED) is 0.657. The average molecular weight is 322 g/mol. The number of fused-ring (bicyclic) bond motifs is 1. The molecule has 0 amide bonds. The molecule has 0 radical (unpaired) electrons. The van der Waals surface area contributed by atoms with Crippen molar-refractivity contribution in [3.05, 3.63) is 64.7 Å². The number of aliphatic imine (C=N–C) groups is 1.